The van der Waals surface area contributed by atoms with Gasteiger partial charge in [-0.2, -0.15) is 5.26 Å². The molecule has 0 aromatic heterocycles. The van der Waals surface area contributed by atoms with Gasteiger partial charge in [0.25, 0.3) is 0 Å². The molecule has 1 atom stereocenters. The Morgan fingerprint density at radius 3 is 2.50 bits per heavy atom. The van der Waals surface area contributed by atoms with Crippen LogP contribution in [0.5, 0.6) is 17.2 Å². The number of carbonyl (C=O) groups is 1. The van der Waals surface area contributed by atoms with Crippen molar-refractivity contribution in [2.75, 3.05) is 0 Å². The summed E-state index contributed by atoms with van der Waals surface area (Å²) in [5.74, 6) is -0.139. The van der Waals surface area contributed by atoms with E-state index in [1.54, 1.807) is 60.7 Å². The number of ether oxygens (including phenoxy) is 3. The molecule has 4 aromatic rings. The van der Waals surface area contributed by atoms with Crippen molar-refractivity contribution in [3.05, 3.63) is 135 Å². The Hall–Kier alpha value is -4.61. The maximum atomic E-state index is 13.2. The zero-order valence-corrected chi connectivity index (χ0v) is 21.4. The number of halogens is 2. The van der Waals surface area contributed by atoms with Gasteiger partial charge in [-0.05, 0) is 65.7 Å². The SMILES string of the molecule is N#CC1=C(N)Oc2cc(OC(=O)c3ccc(Br)cc3)ccc2C1c1cccc(OCc2ccc(F)cc2)c1. The van der Waals surface area contributed by atoms with Gasteiger partial charge >= 0.3 is 5.97 Å². The molecule has 0 saturated carbocycles. The fraction of sp³-hybridized carbons (Fsp3) is 0.0667. The van der Waals surface area contributed by atoms with E-state index in [1.807, 2.05) is 18.2 Å². The third-order valence-electron chi connectivity index (χ3n) is 5.99. The van der Waals surface area contributed by atoms with Crippen molar-refractivity contribution < 1.29 is 23.4 Å². The molecule has 0 spiro atoms. The van der Waals surface area contributed by atoms with E-state index in [0.717, 1.165) is 15.6 Å². The van der Waals surface area contributed by atoms with Crippen molar-refractivity contribution in [2.24, 2.45) is 5.73 Å². The van der Waals surface area contributed by atoms with Gasteiger partial charge in [0.2, 0.25) is 5.88 Å². The summed E-state index contributed by atoms with van der Waals surface area (Å²) in [6.07, 6.45) is 0. The van der Waals surface area contributed by atoms with Gasteiger partial charge in [-0.1, -0.05) is 46.3 Å². The molecular formula is C30H20BrFN2O4. The molecule has 188 valence electrons. The Labute approximate surface area is 226 Å². The van der Waals surface area contributed by atoms with Crippen molar-refractivity contribution in [3.8, 4) is 23.3 Å². The minimum atomic E-state index is -0.519. The fourth-order valence-electron chi connectivity index (χ4n) is 4.13. The number of benzene rings is 4. The predicted molar refractivity (Wildman–Crippen MR) is 142 cm³/mol. The molecule has 1 aliphatic heterocycles. The zero-order chi connectivity index (χ0) is 26.6. The smallest absolute Gasteiger partial charge is 0.343 e. The first-order valence-corrected chi connectivity index (χ1v) is 12.4. The average Bonchev–Trinajstić information content (AvgIpc) is 2.92. The van der Waals surface area contributed by atoms with Crippen LogP contribution in [-0.4, -0.2) is 5.97 Å². The van der Waals surface area contributed by atoms with Gasteiger partial charge in [0.15, 0.2) is 0 Å². The Kier molecular flexibility index (Phi) is 7.11. The summed E-state index contributed by atoms with van der Waals surface area (Å²) >= 11 is 3.34. The molecule has 0 bridgehead atoms. The first-order valence-electron chi connectivity index (χ1n) is 11.6. The molecule has 0 saturated heterocycles. The van der Waals surface area contributed by atoms with Crippen LogP contribution in [0.15, 0.2) is 107 Å². The maximum absolute atomic E-state index is 13.2. The Bertz CT molecular complexity index is 1580. The molecule has 4 aromatic carbocycles. The summed E-state index contributed by atoms with van der Waals surface area (Å²) in [6, 6.07) is 27.4. The van der Waals surface area contributed by atoms with E-state index in [-0.39, 0.29) is 29.6 Å². The largest absolute Gasteiger partial charge is 0.489 e. The molecule has 1 aliphatic rings. The van der Waals surface area contributed by atoms with Crippen molar-refractivity contribution in [3.63, 3.8) is 0 Å². The second-order valence-electron chi connectivity index (χ2n) is 8.51. The van der Waals surface area contributed by atoms with Crippen LogP contribution in [0.1, 0.15) is 33.0 Å². The van der Waals surface area contributed by atoms with Crippen LogP contribution in [0.4, 0.5) is 4.39 Å². The zero-order valence-electron chi connectivity index (χ0n) is 19.9. The normalized spacial score (nSPS) is 14.2. The molecule has 1 unspecified atom stereocenters. The van der Waals surface area contributed by atoms with E-state index in [0.29, 0.717) is 22.6 Å². The number of nitrogens with two attached hydrogens (primary N) is 1. The minimum Gasteiger partial charge on any atom is -0.489 e. The van der Waals surface area contributed by atoms with E-state index >= 15 is 0 Å². The Balaban J connectivity index is 1.41. The highest BCUT2D eigenvalue weighted by Gasteiger charge is 2.31. The first-order chi connectivity index (χ1) is 18.4. The van der Waals surface area contributed by atoms with E-state index < -0.39 is 11.9 Å². The number of nitrogens with zero attached hydrogens (tertiary/aromatic N) is 1. The molecule has 0 amide bonds. The molecule has 6 nitrogen and oxygen atoms in total. The summed E-state index contributed by atoms with van der Waals surface area (Å²) in [4.78, 5) is 12.6. The second kappa shape index (κ2) is 10.8. The van der Waals surface area contributed by atoms with Gasteiger partial charge in [-0.3, -0.25) is 0 Å². The van der Waals surface area contributed by atoms with Gasteiger partial charge in [0, 0.05) is 16.1 Å². The molecule has 1 heterocycles. The van der Waals surface area contributed by atoms with Gasteiger partial charge < -0.3 is 19.9 Å². The minimum absolute atomic E-state index is 0.0287. The van der Waals surface area contributed by atoms with Crippen molar-refractivity contribution >= 4 is 21.9 Å². The lowest BCUT2D eigenvalue weighted by Crippen LogP contribution is -2.21. The quantitative estimate of drug-likeness (QED) is 0.207. The summed E-state index contributed by atoms with van der Waals surface area (Å²) in [7, 11) is 0. The molecule has 5 rings (SSSR count). The highest BCUT2D eigenvalue weighted by atomic mass is 79.9. The van der Waals surface area contributed by atoms with Crippen LogP contribution >= 0.6 is 15.9 Å². The van der Waals surface area contributed by atoms with Crippen LogP contribution in [0.2, 0.25) is 0 Å². The number of fused-ring (bicyclic) bond motifs is 1. The van der Waals surface area contributed by atoms with E-state index in [4.69, 9.17) is 19.9 Å². The van der Waals surface area contributed by atoms with Crippen molar-refractivity contribution in [2.45, 2.75) is 12.5 Å². The second-order valence-corrected chi connectivity index (χ2v) is 9.42. The van der Waals surface area contributed by atoms with E-state index in [1.165, 1.54) is 12.1 Å². The van der Waals surface area contributed by atoms with Crippen LogP contribution in [0, 0.1) is 17.1 Å². The number of carbonyl (C=O) groups excluding carboxylic acids is 1. The Morgan fingerprint density at radius 1 is 1.00 bits per heavy atom. The van der Waals surface area contributed by atoms with Crippen molar-refractivity contribution in [1.29, 1.82) is 5.26 Å². The lowest BCUT2D eigenvalue weighted by Gasteiger charge is -2.27. The average molecular weight is 571 g/mol. The monoisotopic (exact) mass is 570 g/mol. The van der Waals surface area contributed by atoms with E-state index in [2.05, 4.69) is 22.0 Å². The number of hydrogen-bond acceptors (Lipinski definition) is 6. The molecule has 38 heavy (non-hydrogen) atoms. The number of hydrogen-bond donors (Lipinski definition) is 1. The first kappa shape index (κ1) is 25.1. The predicted octanol–water partition coefficient (Wildman–Crippen LogP) is 6.60. The molecular weight excluding hydrogens is 551 g/mol. The number of rotatable bonds is 6. The lowest BCUT2D eigenvalue weighted by molar-refractivity contribution is 0.0734. The van der Waals surface area contributed by atoms with Crippen LogP contribution in [0.25, 0.3) is 0 Å². The molecule has 8 heteroatoms. The molecule has 0 radical (unpaired) electrons. The summed E-state index contributed by atoms with van der Waals surface area (Å²) in [5, 5.41) is 9.88. The number of allylic oxidation sites excluding steroid dienone is 1. The van der Waals surface area contributed by atoms with Crippen LogP contribution < -0.4 is 19.9 Å². The molecule has 2 N–H and O–H groups in total. The third-order valence-corrected chi connectivity index (χ3v) is 6.52. The number of esters is 1. The van der Waals surface area contributed by atoms with Crippen LogP contribution in [-0.2, 0) is 6.61 Å². The summed E-state index contributed by atoms with van der Waals surface area (Å²) in [5.41, 5.74) is 9.07. The summed E-state index contributed by atoms with van der Waals surface area (Å²) in [6.45, 7) is 0.254. The van der Waals surface area contributed by atoms with Gasteiger partial charge in [0.05, 0.1) is 11.5 Å². The standard InChI is InChI=1S/C30H20BrFN2O4/c31-21-8-6-19(7-9-21)30(35)37-24-12-13-25-27(15-24)38-29(34)26(16-33)28(25)20-2-1-3-23(14-20)36-17-18-4-10-22(32)11-5-18/h1-15,28H,17,34H2. The van der Waals surface area contributed by atoms with Crippen molar-refractivity contribution in [1.82, 2.24) is 0 Å². The molecule has 0 fully saturated rings. The van der Waals surface area contributed by atoms with Crippen LogP contribution in [0.3, 0.4) is 0 Å². The lowest BCUT2D eigenvalue weighted by atomic mass is 9.83. The maximum Gasteiger partial charge on any atom is 0.343 e. The van der Waals surface area contributed by atoms with Gasteiger partial charge in [-0.25, -0.2) is 9.18 Å². The van der Waals surface area contributed by atoms with E-state index in [9.17, 15) is 14.4 Å². The highest BCUT2D eigenvalue weighted by molar-refractivity contribution is 9.10. The third kappa shape index (κ3) is 5.38. The van der Waals surface area contributed by atoms with Gasteiger partial charge in [0.1, 0.15) is 41.3 Å². The fourth-order valence-corrected chi connectivity index (χ4v) is 4.39. The number of nitriles is 1. The summed E-state index contributed by atoms with van der Waals surface area (Å²) < 4.78 is 31.2. The molecule has 0 aliphatic carbocycles. The van der Waals surface area contributed by atoms with Gasteiger partial charge in [-0.15, -0.1) is 0 Å². The topological polar surface area (TPSA) is 94.6 Å². The highest BCUT2D eigenvalue weighted by Crippen LogP contribution is 2.44. The Morgan fingerprint density at radius 2 is 1.76 bits per heavy atom.